The lowest BCUT2D eigenvalue weighted by molar-refractivity contribution is -0.275. The van der Waals surface area contributed by atoms with Gasteiger partial charge in [-0.2, -0.15) is 0 Å². The van der Waals surface area contributed by atoms with E-state index in [1.165, 1.54) is 24.3 Å². The lowest BCUT2D eigenvalue weighted by Crippen LogP contribution is -2.17. The summed E-state index contributed by atoms with van der Waals surface area (Å²) in [5.74, 6) is -2.24. The van der Waals surface area contributed by atoms with E-state index in [4.69, 9.17) is 11.6 Å². The fourth-order valence-electron chi connectivity index (χ4n) is 1.62. The molecule has 0 atom stereocenters. The summed E-state index contributed by atoms with van der Waals surface area (Å²) in [6.07, 6.45) is -4.92. The molecule has 0 aliphatic carbocycles. The maximum Gasteiger partial charge on any atom is 0.573 e. The molecule has 20 heavy (non-hydrogen) atoms. The highest BCUT2D eigenvalue weighted by molar-refractivity contribution is 6.31. The number of phenols is 1. The van der Waals surface area contributed by atoms with Crippen LogP contribution in [0.1, 0.15) is 0 Å². The molecule has 106 valence electrons. The Morgan fingerprint density at radius 2 is 1.80 bits per heavy atom. The predicted octanol–water partition coefficient (Wildman–Crippen LogP) is 4.75. The maximum absolute atomic E-state index is 13.8. The van der Waals surface area contributed by atoms with Crippen molar-refractivity contribution in [1.29, 1.82) is 0 Å². The van der Waals surface area contributed by atoms with Gasteiger partial charge in [-0.3, -0.25) is 0 Å². The quantitative estimate of drug-likeness (QED) is 0.811. The van der Waals surface area contributed by atoms with Gasteiger partial charge in [-0.05, 0) is 23.8 Å². The van der Waals surface area contributed by atoms with Crippen LogP contribution in [0, 0.1) is 5.82 Å². The van der Waals surface area contributed by atoms with Crippen molar-refractivity contribution in [1.82, 2.24) is 0 Å². The molecule has 0 fully saturated rings. The molecule has 0 aliphatic rings. The highest BCUT2D eigenvalue weighted by atomic mass is 35.5. The second-order valence-electron chi connectivity index (χ2n) is 3.83. The number of benzene rings is 2. The van der Waals surface area contributed by atoms with Crippen LogP contribution in [0.15, 0.2) is 36.4 Å². The van der Waals surface area contributed by atoms with Crippen molar-refractivity contribution < 1.29 is 27.4 Å². The smallest absolute Gasteiger partial charge is 0.504 e. The van der Waals surface area contributed by atoms with E-state index in [0.717, 1.165) is 12.1 Å². The summed E-state index contributed by atoms with van der Waals surface area (Å²) >= 11 is 5.61. The zero-order chi connectivity index (χ0) is 14.9. The lowest BCUT2D eigenvalue weighted by atomic mass is 10.0. The molecule has 2 nitrogen and oxygen atoms in total. The maximum atomic E-state index is 13.8. The summed E-state index contributed by atoms with van der Waals surface area (Å²) in [5.41, 5.74) is 0.239. The van der Waals surface area contributed by atoms with Crippen LogP contribution in [-0.2, 0) is 0 Å². The first-order chi connectivity index (χ1) is 9.28. The van der Waals surface area contributed by atoms with E-state index in [0.29, 0.717) is 0 Å². The molecule has 2 rings (SSSR count). The Bertz CT molecular complexity index is 641. The van der Waals surface area contributed by atoms with Crippen molar-refractivity contribution in [3.05, 3.63) is 47.2 Å². The van der Waals surface area contributed by atoms with Gasteiger partial charge in [0.2, 0.25) is 0 Å². The fraction of sp³-hybridized carbons (Fsp3) is 0.0769. The monoisotopic (exact) mass is 306 g/mol. The van der Waals surface area contributed by atoms with Crippen LogP contribution in [0.2, 0.25) is 5.02 Å². The van der Waals surface area contributed by atoms with Crippen molar-refractivity contribution in [3.8, 4) is 22.6 Å². The number of phenolic OH excluding ortho intramolecular Hbond substituents is 1. The molecule has 0 saturated carbocycles. The Hall–Kier alpha value is -1.95. The van der Waals surface area contributed by atoms with Crippen molar-refractivity contribution >= 4 is 11.6 Å². The zero-order valence-corrected chi connectivity index (χ0v) is 10.5. The average molecular weight is 307 g/mol. The molecular weight excluding hydrogens is 300 g/mol. The molecule has 2 aromatic rings. The Kier molecular flexibility index (Phi) is 3.76. The highest BCUT2D eigenvalue weighted by Gasteiger charge is 2.32. The fourth-order valence-corrected chi connectivity index (χ4v) is 1.80. The van der Waals surface area contributed by atoms with E-state index in [-0.39, 0.29) is 16.1 Å². The Morgan fingerprint density at radius 3 is 2.40 bits per heavy atom. The molecule has 0 unspecified atom stereocenters. The average Bonchev–Trinajstić information content (AvgIpc) is 2.34. The van der Waals surface area contributed by atoms with Gasteiger partial charge in [-0.25, -0.2) is 4.39 Å². The van der Waals surface area contributed by atoms with Crippen molar-refractivity contribution in [2.75, 3.05) is 0 Å². The van der Waals surface area contributed by atoms with E-state index in [1.54, 1.807) is 0 Å². The van der Waals surface area contributed by atoms with E-state index < -0.39 is 23.7 Å². The molecule has 0 aromatic heterocycles. The zero-order valence-electron chi connectivity index (χ0n) is 9.71. The van der Waals surface area contributed by atoms with Crippen LogP contribution in [0.3, 0.4) is 0 Å². The molecule has 7 heteroatoms. The SMILES string of the molecule is Oc1cc(-c2cccc(Cl)c2F)ccc1OC(F)(F)F. The first kappa shape index (κ1) is 14.5. The van der Waals surface area contributed by atoms with Gasteiger partial charge in [0.05, 0.1) is 5.02 Å². The summed E-state index contributed by atoms with van der Waals surface area (Å²) in [7, 11) is 0. The van der Waals surface area contributed by atoms with E-state index >= 15 is 0 Å². The predicted molar refractivity (Wildman–Crippen MR) is 65.2 cm³/mol. The molecule has 0 bridgehead atoms. The van der Waals surface area contributed by atoms with Gasteiger partial charge in [0.25, 0.3) is 0 Å². The summed E-state index contributed by atoms with van der Waals surface area (Å²) < 4.78 is 53.5. The third-order valence-corrected chi connectivity index (χ3v) is 2.74. The Labute approximate surface area is 116 Å². The number of hydrogen-bond acceptors (Lipinski definition) is 2. The summed E-state index contributed by atoms with van der Waals surface area (Å²) in [6, 6.07) is 7.27. The topological polar surface area (TPSA) is 29.5 Å². The molecule has 0 saturated heterocycles. The molecule has 1 N–H and O–H groups in total. The Balaban J connectivity index is 2.41. The van der Waals surface area contributed by atoms with Gasteiger partial charge in [0, 0.05) is 5.56 Å². The van der Waals surface area contributed by atoms with E-state index in [1.807, 2.05) is 0 Å². The summed E-state index contributed by atoms with van der Waals surface area (Å²) in [6.45, 7) is 0. The number of ether oxygens (including phenoxy) is 1. The van der Waals surface area contributed by atoms with Crippen LogP contribution in [0.25, 0.3) is 11.1 Å². The van der Waals surface area contributed by atoms with Gasteiger partial charge >= 0.3 is 6.36 Å². The second kappa shape index (κ2) is 5.20. The van der Waals surface area contributed by atoms with E-state index in [9.17, 15) is 22.7 Å². The third-order valence-electron chi connectivity index (χ3n) is 2.45. The minimum atomic E-state index is -4.92. The Morgan fingerprint density at radius 1 is 1.10 bits per heavy atom. The van der Waals surface area contributed by atoms with Crippen molar-refractivity contribution in [3.63, 3.8) is 0 Å². The molecule has 0 spiro atoms. The molecule has 2 aromatic carbocycles. The molecule has 0 amide bonds. The summed E-state index contributed by atoms with van der Waals surface area (Å²) in [4.78, 5) is 0. The molecular formula is C13H7ClF4O2. The van der Waals surface area contributed by atoms with Gasteiger partial charge < -0.3 is 9.84 Å². The number of halogens is 5. The number of rotatable bonds is 2. The number of alkyl halides is 3. The molecule has 0 radical (unpaired) electrons. The highest BCUT2D eigenvalue weighted by Crippen LogP contribution is 2.36. The van der Waals surface area contributed by atoms with Crippen LogP contribution in [-0.4, -0.2) is 11.5 Å². The van der Waals surface area contributed by atoms with Gasteiger partial charge in [-0.1, -0.05) is 29.8 Å². The minimum absolute atomic E-state index is 0.0614. The van der Waals surface area contributed by atoms with Crippen LogP contribution >= 0.6 is 11.6 Å². The molecule has 0 heterocycles. The van der Waals surface area contributed by atoms with Crippen LogP contribution in [0.5, 0.6) is 11.5 Å². The van der Waals surface area contributed by atoms with Crippen LogP contribution in [0.4, 0.5) is 17.6 Å². The number of aromatic hydroxyl groups is 1. The van der Waals surface area contributed by atoms with Gasteiger partial charge in [-0.15, -0.1) is 13.2 Å². The van der Waals surface area contributed by atoms with Crippen LogP contribution < -0.4 is 4.74 Å². The minimum Gasteiger partial charge on any atom is -0.504 e. The van der Waals surface area contributed by atoms with Crippen molar-refractivity contribution in [2.45, 2.75) is 6.36 Å². The second-order valence-corrected chi connectivity index (χ2v) is 4.24. The number of hydrogen-bond donors (Lipinski definition) is 1. The summed E-state index contributed by atoms with van der Waals surface area (Å²) in [5, 5.41) is 9.37. The van der Waals surface area contributed by atoms with Crippen molar-refractivity contribution in [2.24, 2.45) is 0 Å². The van der Waals surface area contributed by atoms with Gasteiger partial charge in [0.1, 0.15) is 5.82 Å². The first-order valence-corrected chi connectivity index (χ1v) is 5.69. The van der Waals surface area contributed by atoms with Gasteiger partial charge in [0.15, 0.2) is 11.5 Å². The third kappa shape index (κ3) is 3.14. The lowest BCUT2D eigenvalue weighted by Gasteiger charge is -2.12. The standard InChI is InChI=1S/C13H7ClF4O2/c14-9-3-1-2-8(12(9)15)7-4-5-11(10(19)6-7)20-13(16,17)18/h1-6,19H. The molecule has 0 aliphatic heterocycles. The normalized spacial score (nSPS) is 11.4. The van der Waals surface area contributed by atoms with E-state index in [2.05, 4.69) is 4.74 Å². The largest absolute Gasteiger partial charge is 0.573 e. The first-order valence-electron chi connectivity index (χ1n) is 5.31.